The molecule has 5 heteroatoms. The van der Waals surface area contributed by atoms with Crippen molar-refractivity contribution in [2.45, 2.75) is 37.7 Å². The number of aliphatic hydroxyl groups is 1. The van der Waals surface area contributed by atoms with E-state index in [9.17, 15) is 9.90 Å². The Morgan fingerprint density at radius 3 is 3.10 bits per heavy atom. The van der Waals surface area contributed by atoms with E-state index in [1.54, 1.807) is 18.3 Å². The van der Waals surface area contributed by atoms with Crippen LogP contribution in [0.25, 0.3) is 0 Å². The summed E-state index contributed by atoms with van der Waals surface area (Å²) in [5, 5.41) is 10.6. The van der Waals surface area contributed by atoms with Crippen LogP contribution in [0.5, 0.6) is 0 Å². The summed E-state index contributed by atoms with van der Waals surface area (Å²) in [4.78, 5) is 18.5. The number of hydrogen-bond donors (Lipinski definition) is 1. The maximum atomic E-state index is 12.5. The van der Waals surface area contributed by atoms with Crippen molar-refractivity contribution in [3.05, 3.63) is 28.5 Å². The summed E-state index contributed by atoms with van der Waals surface area (Å²) in [5.74, 6) is 0.278. The molecule has 0 bridgehead atoms. The fourth-order valence-electron chi connectivity index (χ4n) is 3.47. The van der Waals surface area contributed by atoms with Gasteiger partial charge in [0.15, 0.2) is 0 Å². The molecule has 2 aliphatic rings. The first-order chi connectivity index (χ1) is 9.58. The number of nitrogens with zero attached hydrogens (tertiary/aromatic N) is 2. The van der Waals surface area contributed by atoms with Crippen LogP contribution in [-0.4, -0.2) is 39.6 Å². The van der Waals surface area contributed by atoms with Crippen LogP contribution in [0.3, 0.4) is 0 Å². The molecule has 2 unspecified atom stereocenters. The first-order valence-corrected chi connectivity index (χ1v) is 8.01. The summed E-state index contributed by atoms with van der Waals surface area (Å²) < 4.78 is 0.675. The van der Waals surface area contributed by atoms with Gasteiger partial charge in [0.1, 0.15) is 4.60 Å². The lowest BCUT2D eigenvalue weighted by Gasteiger charge is -2.47. The van der Waals surface area contributed by atoms with Gasteiger partial charge in [-0.15, -0.1) is 0 Å². The lowest BCUT2D eigenvalue weighted by Crippen LogP contribution is -2.54. The molecule has 0 spiro atoms. The Bertz CT molecular complexity index is 522. The maximum absolute atomic E-state index is 12.5. The topological polar surface area (TPSA) is 53.4 Å². The Labute approximate surface area is 127 Å². The van der Waals surface area contributed by atoms with Gasteiger partial charge in [0, 0.05) is 30.8 Å². The molecule has 1 aliphatic heterocycles. The lowest BCUT2D eigenvalue weighted by atomic mass is 9.71. The number of carbonyl (C=O) groups is 1. The minimum atomic E-state index is -0.534. The number of rotatable bonds is 1. The molecule has 1 aliphatic carbocycles. The van der Waals surface area contributed by atoms with Crippen LogP contribution in [0.1, 0.15) is 42.5 Å². The summed E-state index contributed by atoms with van der Waals surface area (Å²) in [5.41, 5.74) is 0.126. The van der Waals surface area contributed by atoms with Gasteiger partial charge in [0.2, 0.25) is 0 Å². The van der Waals surface area contributed by atoms with E-state index in [1.807, 2.05) is 4.90 Å². The van der Waals surface area contributed by atoms with Crippen molar-refractivity contribution in [3.8, 4) is 0 Å². The highest BCUT2D eigenvalue weighted by molar-refractivity contribution is 9.10. The summed E-state index contributed by atoms with van der Waals surface area (Å²) >= 11 is 3.30. The van der Waals surface area contributed by atoms with Crippen molar-refractivity contribution in [1.29, 1.82) is 0 Å². The van der Waals surface area contributed by atoms with Crippen LogP contribution >= 0.6 is 15.9 Å². The fourth-order valence-corrected chi connectivity index (χ4v) is 3.84. The smallest absolute Gasteiger partial charge is 0.254 e. The van der Waals surface area contributed by atoms with Crippen LogP contribution in [0, 0.1) is 5.92 Å². The molecule has 4 nitrogen and oxygen atoms in total. The minimum absolute atomic E-state index is 0.0423. The number of hydrogen-bond acceptors (Lipinski definition) is 3. The van der Waals surface area contributed by atoms with E-state index >= 15 is 0 Å². The lowest BCUT2D eigenvalue weighted by molar-refractivity contribution is -0.0886. The van der Waals surface area contributed by atoms with Crippen molar-refractivity contribution in [2.75, 3.05) is 13.1 Å². The Kier molecular flexibility index (Phi) is 3.82. The summed E-state index contributed by atoms with van der Waals surface area (Å²) in [6.45, 7) is 1.32. The second-order valence-electron chi connectivity index (χ2n) is 5.91. The van der Waals surface area contributed by atoms with Crippen molar-refractivity contribution in [3.63, 3.8) is 0 Å². The van der Waals surface area contributed by atoms with Gasteiger partial charge in [0.05, 0.1) is 5.60 Å². The third-order valence-electron chi connectivity index (χ3n) is 4.69. The number of fused-ring (bicyclic) bond motifs is 1. The van der Waals surface area contributed by atoms with Crippen LogP contribution in [0.15, 0.2) is 22.9 Å². The van der Waals surface area contributed by atoms with Crippen molar-refractivity contribution < 1.29 is 9.90 Å². The number of carbonyl (C=O) groups excluding carboxylic acids is 1. The molecule has 108 valence electrons. The van der Waals surface area contributed by atoms with Crippen LogP contribution in [0.2, 0.25) is 0 Å². The van der Waals surface area contributed by atoms with Crippen molar-refractivity contribution in [1.82, 2.24) is 9.88 Å². The van der Waals surface area contributed by atoms with Gasteiger partial charge in [-0.25, -0.2) is 4.98 Å². The molecule has 3 rings (SSSR count). The van der Waals surface area contributed by atoms with E-state index in [-0.39, 0.29) is 11.8 Å². The molecule has 2 atom stereocenters. The molecule has 1 N–H and O–H groups in total. The fraction of sp³-hybridized carbons (Fsp3) is 0.600. The van der Waals surface area contributed by atoms with Gasteiger partial charge in [-0.1, -0.05) is 12.8 Å². The second kappa shape index (κ2) is 5.45. The van der Waals surface area contributed by atoms with E-state index in [2.05, 4.69) is 20.9 Å². The molecular formula is C15H19BrN2O2. The highest BCUT2D eigenvalue weighted by Crippen LogP contribution is 2.40. The molecule has 0 aromatic carbocycles. The van der Waals surface area contributed by atoms with Gasteiger partial charge >= 0.3 is 0 Å². The molecule has 20 heavy (non-hydrogen) atoms. The average Bonchev–Trinajstić information content (AvgIpc) is 2.45. The van der Waals surface area contributed by atoms with Gasteiger partial charge < -0.3 is 10.0 Å². The van der Waals surface area contributed by atoms with Gasteiger partial charge in [0.25, 0.3) is 5.91 Å². The van der Waals surface area contributed by atoms with Crippen LogP contribution in [-0.2, 0) is 0 Å². The minimum Gasteiger partial charge on any atom is -0.389 e. The van der Waals surface area contributed by atoms with E-state index in [1.165, 1.54) is 0 Å². The van der Waals surface area contributed by atoms with E-state index in [0.29, 0.717) is 29.7 Å². The number of aromatic nitrogens is 1. The monoisotopic (exact) mass is 338 g/mol. The Hall–Kier alpha value is -0.940. The number of piperidine rings is 1. The Morgan fingerprint density at radius 1 is 1.45 bits per heavy atom. The zero-order chi connectivity index (χ0) is 14.2. The summed E-state index contributed by atoms with van der Waals surface area (Å²) in [7, 11) is 0. The Morgan fingerprint density at radius 2 is 2.30 bits per heavy atom. The highest BCUT2D eigenvalue weighted by Gasteiger charge is 2.43. The molecule has 1 aromatic rings. The predicted molar refractivity (Wildman–Crippen MR) is 79.4 cm³/mol. The van der Waals surface area contributed by atoms with Gasteiger partial charge in [-0.2, -0.15) is 0 Å². The summed E-state index contributed by atoms with van der Waals surface area (Å²) in [6, 6.07) is 3.50. The average molecular weight is 339 g/mol. The molecule has 1 aromatic heterocycles. The SMILES string of the molecule is O=C(c1ccnc(Br)c1)N1CCC2(O)CCCCC2C1. The zero-order valence-electron chi connectivity index (χ0n) is 11.4. The molecule has 1 saturated heterocycles. The maximum Gasteiger partial charge on any atom is 0.254 e. The third kappa shape index (κ3) is 2.61. The van der Waals surface area contributed by atoms with Gasteiger partial charge in [-0.3, -0.25) is 4.79 Å². The van der Waals surface area contributed by atoms with Crippen molar-refractivity contribution >= 4 is 21.8 Å². The van der Waals surface area contributed by atoms with E-state index < -0.39 is 5.60 Å². The molecule has 1 amide bonds. The quantitative estimate of drug-likeness (QED) is 0.801. The van der Waals surface area contributed by atoms with Crippen LogP contribution in [0.4, 0.5) is 0 Å². The molecule has 1 saturated carbocycles. The number of pyridine rings is 1. The number of likely N-dealkylation sites (tertiary alicyclic amines) is 1. The van der Waals surface area contributed by atoms with Gasteiger partial charge in [-0.05, 0) is 47.3 Å². The Balaban J connectivity index is 1.74. The number of amides is 1. The predicted octanol–water partition coefficient (Wildman–Crippen LogP) is 2.61. The van der Waals surface area contributed by atoms with Crippen molar-refractivity contribution in [2.24, 2.45) is 5.92 Å². The zero-order valence-corrected chi connectivity index (χ0v) is 13.0. The number of halogens is 1. The summed E-state index contributed by atoms with van der Waals surface area (Å²) in [6.07, 6.45) is 6.53. The molecule has 2 fully saturated rings. The molecule has 0 radical (unpaired) electrons. The molecular weight excluding hydrogens is 320 g/mol. The first kappa shape index (κ1) is 14.0. The van der Waals surface area contributed by atoms with E-state index in [4.69, 9.17) is 0 Å². The third-order valence-corrected chi connectivity index (χ3v) is 5.12. The first-order valence-electron chi connectivity index (χ1n) is 7.22. The highest BCUT2D eigenvalue weighted by atomic mass is 79.9. The van der Waals surface area contributed by atoms with E-state index in [0.717, 1.165) is 25.7 Å². The second-order valence-corrected chi connectivity index (χ2v) is 6.73. The standard InChI is InChI=1S/C15H19BrN2O2/c16-13-9-11(4-7-17-13)14(19)18-8-6-15(20)5-2-1-3-12(15)10-18/h4,7,9,12,20H,1-3,5-6,8,10H2. The van der Waals surface area contributed by atoms with Crippen LogP contribution < -0.4 is 0 Å². The largest absolute Gasteiger partial charge is 0.389 e. The molecule has 2 heterocycles. The normalized spacial score (nSPS) is 29.9.